The van der Waals surface area contributed by atoms with Gasteiger partial charge in [-0.25, -0.2) is 0 Å². The number of rotatable bonds is 4. The molecule has 5 nitrogen and oxygen atoms in total. The molecule has 0 fully saturated rings. The van der Waals surface area contributed by atoms with Gasteiger partial charge in [-0.2, -0.15) is 0 Å². The number of aryl methyl sites for hydroxylation is 1. The van der Waals surface area contributed by atoms with Gasteiger partial charge in [0.2, 0.25) is 5.91 Å². The number of anilines is 1. The average Bonchev–Trinajstić information content (AvgIpc) is 2.20. The number of pyridine rings is 1. The lowest BCUT2D eigenvalue weighted by Crippen LogP contribution is -2.19. The molecule has 0 spiro atoms. The third-order valence-electron chi connectivity index (χ3n) is 2.23. The van der Waals surface area contributed by atoms with Crippen LogP contribution in [0.2, 0.25) is 0 Å². The van der Waals surface area contributed by atoms with Crippen LogP contribution in [0.25, 0.3) is 0 Å². The second-order valence-electron chi connectivity index (χ2n) is 3.59. The molecular weight excluding hydrogens is 208 g/mol. The Kier molecular flexibility index (Phi) is 4.25. The highest BCUT2D eigenvalue weighted by molar-refractivity contribution is 5.88. The molecule has 0 saturated heterocycles. The van der Waals surface area contributed by atoms with Gasteiger partial charge in [0.15, 0.2) is 0 Å². The molecule has 0 aliphatic carbocycles. The third-order valence-corrected chi connectivity index (χ3v) is 2.23. The Balaban J connectivity index is 3.01. The summed E-state index contributed by atoms with van der Waals surface area (Å²) in [7, 11) is 1.62. The fourth-order valence-electron chi connectivity index (χ4n) is 1.42. The van der Waals surface area contributed by atoms with Crippen molar-refractivity contribution in [3.63, 3.8) is 0 Å². The Morgan fingerprint density at radius 3 is 2.81 bits per heavy atom. The Labute approximate surface area is 93.8 Å². The van der Waals surface area contributed by atoms with Gasteiger partial charge in [-0.1, -0.05) is 0 Å². The number of hydrogen-bond donors (Lipinski definition) is 2. The highest BCUT2D eigenvalue weighted by Gasteiger charge is 2.06. The predicted molar refractivity (Wildman–Crippen MR) is 61.7 cm³/mol. The maximum atomic E-state index is 11.5. The van der Waals surface area contributed by atoms with E-state index >= 15 is 0 Å². The highest BCUT2D eigenvalue weighted by Crippen LogP contribution is 2.09. The van der Waals surface area contributed by atoms with E-state index < -0.39 is 0 Å². The minimum Gasteiger partial charge on any atom is -0.384 e. The van der Waals surface area contributed by atoms with Crippen LogP contribution in [0.5, 0.6) is 0 Å². The topological polar surface area (TPSA) is 71.2 Å². The lowest BCUT2D eigenvalue weighted by molar-refractivity contribution is -0.114. The summed E-state index contributed by atoms with van der Waals surface area (Å²) in [6.07, 6.45) is 0.700. The van der Waals surface area contributed by atoms with E-state index in [1.54, 1.807) is 13.2 Å². The number of hydrogen-bond acceptors (Lipinski definition) is 3. The van der Waals surface area contributed by atoms with Crippen molar-refractivity contribution in [1.29, 1.82) is 0 Å². The van der Waals surface area contributed by atoms with Gasteiger partial charge in [0.05, 0.1) is 6.61 Å². The van der Waals surface area contributed by atoms with Crippen molar-refractivity contribution in [3.05, 3.63) is 27.7 Å². The number of ether oxygens (including phenoxy) is 1. The number of aromatic nitrogens is 1. The molecular formula is C11H16N2O3. The second-order valence-corrected chi connectivity index (χ2v) is 3.59. The number of aromatic amines is 1. The van der Waals surface area contributed by atoms with Crippen LogP contribution in [0.4, 0.5) is 5.69 Å². The number of methoxy groups -OCH3 is 1. The molecule has 0 aromatic carbocycles. The van der Waals surface area contributed by atoms with Crippen molar-refractivity contribution in [1.82, 2.24) is 4.98 Å². The fourth-order valence-corrected chi connectivity index (χ4v) is 1.42. The Morgan fingerprint density at radius 2 is 2.25 bits per heavy atom. The number of nitrogens with one attached hydrogen (secondary N) is 2. The van der Waals surface area contributed by atoms with Crippen LogP contribution in [0.1, 0.15) is 18.2 Å². The van der Waals surface area contributed by atoms with Gasteiger partial charge in [-0.15, -0.1) is 0 Å². The first-order chi connectivity index (χ1) is 7.54. The molecule has 0 aliphatic heterocycles. The monoisotopic (exact) mass is 224 g/mol. The molecule has 1 aromatic heterocycles. The standard InChI is InChI=1S/C11H16N2O3/c1-7-9(4-5-16-3)6-10(11(15)12-7)13-8(2)14/h6H,4-5H2,1-3H3,(H,12,15)(H,13,14). The minimum absolute atomic E-state index is 0.257. The summed E-state index contributed by atoms with van der Waals surface area (Å²) in [5.74, 6) is -0.257. The van der Waals surface area contributed by atoms with Gasteiger partial charge < -0.3 is 15.0 Å². The van der Waals surface area contributed by atoms with Crippen molar-refractivity contribution in [2.24, 2.45) is 0 Å². The number of carbonyl (C=O) groups is 1. The van der Waals surface area contributed by atoms with Crippen LogP contribution >= 0.6 is 0 Å². The van der Waals surface area contributed by atoms with Crippen molar-refractivity contribution in [3.8, 4) is 0 Å². The summed E-state index contributed by atoms with van der Waals surface area (Å²) in [5, 5.41) is 2.49. The van der Waals surface area contributed by atoms with Crippen LogP contribution in [-0.4, -0.2) is 24.6 Å². The van der Waals surface area contributed by atoms with E-state index in [4.69, 9.17) is 4.74 Å². The zero-order valence-corrected chi connectivity index (χ0v) is 9.72. The first kappa shape index (κ1) is 12.4. The lowest BCUT2D eigenvalue weighted by Gasteiger charge is -2.08. The quantitative estimate of drug-likeness (QED) is 0.795. The van der Waals surface area contributed by atoms with Crippen molar-refractivity contribution in [2.75, 3.05) is 19.0 Å². The first-order valence-electron chi connectivity index (χ1n) is 5.04. The largest absolute Gasteiger partial charge is 0.384 e. The SMILES string of the molecule is COCCc1cc(NC(C)=O)c(=O)[nH]c1C. The van der Waals surface area contributed by atoms with Gasteiger partial charge in [0, 0.05) is 19.7 Å². The van der Waals surface area contributed by atoms with Crippen LogP contribution in [-0.2, 0) is 16.0 Å². The molecule has 1 rings (SSSR count). The molecule has 0 unspecified atom stereocenters. The van der Waals surface area contributed by atoms with E-state index in [0.29, 0.717) is 13.0 Å². The molecule has 88 valence electrons. The molecule has 0 aliphatic rings. The summed E-state index contributed by atoms with van der Waals surface area (Å²) < 4.78 is 4.97. The van der Waals surface area contributed by atoms with Gasteiger partial charge in [-0.3, -0.25) is 9.59 Å². The van der Waals surface area contributed by atoms with Crippen LogP contribution in [0, 0.1) is 6.92 Å². The zero-order chi connectivity index (χ0) is 12.1. The fraction of sp³-hybridized carbons (Fsp3) is 0.455. The van der Waals surface area contributed by atoms with Crippen LogP contribution in [0.3, 0.4) is 0 Å². The Morgan fingerprint density at radius 1 is 1.56 bits per heavy atom. The summed E-state index contributed by atoms with van der Waals surface area (Å²) >= 11 is 0. The maximum absolute atomic E-state index is 11.5. The smallest absolute Gasteiger partial charge is 0.271 e. The van der Waals surface area contributed by atoms with Crippen molar-refractivity contribution < 1.29 is 9.53 Å². The molecule has 1 amide bonds. The van der Waals surface area contributed by atoms with Crippen LogP contribution < -0.4 is 10.9 Å². The molecule has 2 N–H and O–H groups in total. The van der Waals surface area contributed by atoms with Gasteiger partial charge in [0.1, 0.15) is 5.69 Å². The number of H-pyrrole nitrogens is 1. The first-order valence-corrected chi connectivity index (χ1v) is 5.04. The molecule has 0 radical (unpaired) electrons. The molecule has 0 saturated carbocycles. The predicted octanol–water partition coefficient (Wildman–Crippen LogP) is 0.831. The van der Waals surface area contributed by atoms with E-state index in [0.717, 1.165) is 11.3 Å². The average molecular weight is 224 g/mol. The van der Waals surface area contributed by atoms with Crippen molar-refractivity contribution in [2.45, 2.75) is 20.3 Å². The lowest BCUT2D eigenvalue weighted by atomic mass is 10.1. The molecule has 5 heteroatoms. The maximum Gasteiger partial charge on any atom is 0.271 e. The van der Waals surface area contributed by atoms with Crippen molar-refractivity contribution >= 4 is 11.6 Å². The summed E-state index contributed by atoms with van der Waals surface area (Å²) in [6.45, 7) is 3.77. The molecule has 1 heterocycles. The Bertz CT molecular complexity index is 437. The highest BCUT2D eigenvalue weighted by atomic mass is 16.5. The second kappa shape index (κ2) is 5.46. The van der Waals surface area contributed by atoms with Gasteiger partial charge in [-0.05, 0) is 25.0 Å². The molecule has 0 atom stereocenters. The van der Waals surface area contributed by atoms with Gasteiger partial charge in [0.25, 0.3) is 5.56 Å². The number of amides is 1. The molecule has 1 aromatic rings. The molecule has 0 bridgehead atoms. The summed E-state index contributed by atoms with van der Waals surface area (Å²) in [6, 6.07) is 1.69. The van der Waals surface area contributed by atoms with E-state index in [9.17, 15) is 9.59 Å². The Hall–Kier alpha value is -1.62. The summed E-state index contributed by atoms with van der Waals surface area (Å²) in [5.41, 5.74) is 1.76. The van der Waals surface area contributed by atoms with E-state index in [-0.39, 0.29) is 17.2 Å². The van der Waals surface area contributed by atoms with E-state index in [1.807, 2.05) is 6.92 Å². The van der Waals surface area contributed by atoms with E-state index in [2.05, 4.69) is 10.3 Å². The normalized spacial score (nSPS) is 10.2. The van der Waals surface area contributed by atoms with Gasteiger partial charge >= 0.3 is 0 Å². The zero-order valence-electron chi connectivity index (χ0n) is 9.72. The third kappa shape index (κ3) is 3.20. The van der Waals surface area contributed by atoms with E-state index in [1.165, 1.54) is 6.92 Å². The number of carbonyl (C=O) groups excluding carboxylic acids is 1. The summed E-state index contributed by atoms with van der Waals surface area (Å²) in [4.78, 5) is 25.1. The minimum atomic E-state index is -0.283. The molecule has 16 heavy (non-hydrogen) atoms. The van der Waals surface area contributed by atoms with Crippen LogP contribution in [0.15, 0.2) is 10.9 Å².